The average molecular weight is 375 g/mol. The van der Waals surface area contributed by atoms with E-state index in [0.717, 1.165) is 14.9 Å². The number of hydrogen-bond acceptors (Lipinski definition) is 4. The molecular formula is C13H15BrN2O2S2. The Bertz CT molecular complexity index is 683. The van der Waals surface area contributed by atoms with Gasteiger partial charge in [0, 0.05) is 22.4 Å². The van der Waals surface area contributed by atoms with Gasteiger partial charge >= 0.3 is 0 Å². The predicted octanol–water partition coefficient (Wildman–Crippen LogP) is 2.71. The van der Waals surface area contributed by atoms with Crippen LogP contribution in [0.25, 0.3) is 0 Å². The third kappa shape index (κ3) is 3.89. The van der Waals surface area contributed by atoms with Crippen LogP contribution in [-0.4, -0.2) is 15.5 Å². The van der Waals surface area contributed by atoms with Crippen molar-refractivity contribution in [3.05, 3.63) is 50.6 Å². The van der Waals surface area contributed by atoms with Crippen LogP contribution in [0.15, 0.2) is 45.1 Å². The van der Waals surface area contributed by atoms with Crippen LogP contribution in [0.5, 0.6) is 0 Å². The number of benzene rings is 1. The first-order chi connectivity index (χ1) is 9.53. The lowest BCUT2D eigenvalue weighted by molar-refractivity contribution is 0.580. The van der Waals surface area contributed by atoms with Crippen LogP contribution in [-0.2, 0) is 23.1 Å². The van der Waals surface area contributed by atoms with E-state index in [1.54, 1.807) is 18.5 Å². The molecule has 1 heterocycles. The molecule has 108 valence electrons. The Morgan fingerprint density at radius 2 is 2.05 bits per heavy atom. The zero-order valence-corrected chi connectivity index (χ0v) is 14.1. The van der Waals surface area contributed by atoms with Gasteiger partial charge in [0.25, 0.3) is 0 Å². The fraction of sp³-hybridized carbons (Fsp3) is 0.231. The van der Waals surface area contributed by atoms with E-state index >= 15 is 0 Å². The van der Waals surface area contributed by atoms with Gasteiger partial charge < -0.3 is 5.32 Å². The Balaban J connectivity index is 2.13. The Hall–Kier alpha value is -0.730. The molecule has 0 saturated heterocycles. The van der Waals surface area contributed by atoms with Crippen LogP contribution in [0, 0.1) is 0 Å². The molecule has 0 saturated carbocycles. The molecule has 0 spiro atoms. The Kier molecular flexibility index (Phi) is 5.34. The van der Waals surface area contributed by atoms with Crippen LogP contribution in [0.2, 0.25) is 0 Å². The lowest BCUT2D eigenvalue weighted by Gasteiger charge is -2.08. The molecule has 0 aliphatic rings. The standard InChI is InChI=1S/C13H15BrN2O2S2/c1-15-9-12-13(5-6-19-12)20(17,18)16-8-10-3-2-4-11(14)7-10/h2-7,15-16H,8-9H2,1H3. The number of rotatable bonds is 6. The van der Waals surface area contributed by atoms with E-state index in [2.05, 4.69) is 26.0 Å². The Morgan fingerprint density at radius 1 is 1.25 bits per heavy atom. The topological polar surface area (TPSA) is 58.2 Å². The molecule has 2 aromatic rings. The second-order valence-electron chi connectivity index (χ2n) is 4.19. The van der Waals surface area contributed by atoms with Crippen LogP contribution in [0.3, 0.4) is 0 Å². The van der Waals surface area contributed by atoms with Gasteiger partial charge in [-0.15, -0.1) is 11.3 Å². The maximum Gasteiger partial charge on any atom is 0.242 e. The van der Waals surface area contributed by atoms with Crippen molar-refractivity contribution in [1.82, 2.24) is 10.0 Å². The summed E-state index contributed by atoms with van der Waals surface area (Å²) < 4.78 is 28.2. The summed E-state index contributed by atoms with van der Waals surface area (Å²) in [6, 6.07) is 9.20. The number of sulfonamides is 1. The highest BCUT2D eigenvalue weighted by atomic mass is 79.9. The number of thiophene rings is 1. The van der Waals surface area contributed by atoms with Gasteiger partial charge in [0.1, 0.15) is 0 Å². The molecule has 20 heavy (non-hydrogen) atoms. The first-order valence-electron chi connectivity index (χ1n) is 5.98. The summed E-state index contributed by atoms with van der Waals surface area (Å²) in [6.45, 7) is 0.821. The summed E-state index contributed by atoms with van der Waals surface area (Å²) in [5, 5.41) is 4.77. The molecule has 0 aliphatic carbocycles. The minimum absolute atomic E-state index is 0.274. The van der Waals surface area contributed by atoms with E-state index in [-0.39, 0.29) is 6.54 Å². The van der Waals surface area contributed by atoms with Gasteiger partial charge in [0.2, 0.25) is 10.0 Å². The van der Waals surface area contributed by atoms with Gasteiger partial charge in [-0.1, -0.05) is 28.1 Å². The molecule has 1 aromatic carbocycles. The largest absolute Gasteiger partial charge is 0.315 e. The molecule has 1 aromatic heterocycles. The smallest absolute Gasteiger partial charge is 0.242 e. The van der Waals surface area contributed by atoms with E-state index in [4.69, 9.17) is 0 Å². The summed E-state index contributed by atoms with van der Waals surface area (Å²) in [7, 11) is -1.68. The number of halogens is 1. The molecular weight excluding hydrogens is 360 g/mol. The van der Waals surface area contributed by atoms with Crippen molar-refractivity contribution in [3.63, 3.8) is 0 Å². The van der Waals surface area contributed by atoms with E-state index < -0.39 is 10.0 Å². The molecule has 0 unspecified atom stereocenters. The highest BCUT2D eigenvalue weighted by molar-refractivity contribution is 9.10. The molecule has 2 N–H and O–H groups in total. The van der Waals surface area contributed by atoms with E-state index in [1.165, 1.54) is 11.3 Å². The number of hydrogen-bond donors (Lipinski definition) is 2. The normalized spacial score (nSPS) is 11.7. The van der Waals surface area contributed by atoms with Crippen LogP contribution in [0.1, 0.15) is 10.4 Å². The molecule has 0 atom stereocenters. The van der Waals surface area contributed by atoms with Crippen molar-refractivity contribution < 1.29 is 8.42 Å². The molecule has 0 bridgehead atoms. The summed E-state index contributed by atoms with van der Waals surface area (Å²) >= 11 is 4.81. The van der Waals surface area contributed by atoms with Gasteiger partial charge in [-0.25, -0.2) is 13.1 Å². The molecule has 4 nitrogen and oxygen atoms in total. The fourth-order valence-corrected chi connectivity index (χ4v) is 4.68. The highest BCUT2D eigenvalue weighted by Gasteiger charge is 2.18. The summed E-state index contributed by atoms with van der Waals surface area (Å²) in [4.78, 5) is 1.17. The summed E-state index contributed by atoms with van der Waals surface area (Å²) in [5.41, 5.74) is 0.911. The highest BCUT2D eigenvalue weighted by Crippen LogP contribution is 2.22. The first kappa shape index (κ1) is 15.7. The SMILES string of the molecule is CNCc1sccc1S(=O)(=O)NCc1cccc(Br)c1. The van der Waals surface area contributed by atoms with Crippen molar-refractivity contribution in [3.8, 4) is 0 Å². The Labute approximate surface area is 131 Å². The van der Waals surface area contributed by atoms with Crippen molar-refractivity contribution in [2.75, 3.05) is 7.05 Å². The molecule has 0 radical (unpaired) electrons. The molecule has 2 rings (SSSR count). The second kappa shape index (κ2) is 6.82. The van der Waals surface area contributed by atoms with Crippen molar-refractivity contribution >= 4 is 37.3 Å². The minimum atomic E-state index is -3.48. The van der Waals surface area contributed by atoms with E-state index in [1.807, 2.05) is 24.3 Å². The quantitative estimate of drug-likeness (QED) is 0.816. The first-order valence-corrected chi connectivity index (χ1v) is 9.13. The average Bonchev–Trinajstić information content (AvgIpc) is 2.86. The minimum Gasteiger partial charge on any atom is -0.315 e. The zero-order chi connectivity index (χ0) is 14.6. The lowest BCUT2D eigenvalue weighted by atomic mass is 10.2. The van der Waals surface area contributed by atoms with Crippen LogP contribution >= 0.6 is 27.3 Å². The van der Waals surface area contributed by atoms with E-state index in [0.29, 0.717) is 11.4 Å². The van der Waals surface area contributed by atoms with Gasteiger partial charge in [0.05, 0.1) is 4.90 Å². The van der Waals surface area contributed by atoms with Crippen LogP contribution < -0.4 is 10.0 Å². The lowest BCUT2D eigenvalue weighted by Crippen LogP contribution is -2.24. The third-order valence-corrected chi connectivity index (χ3v) is 5.72. The van der Waals surface area contributed by atoms with Crippen molar-refractivity contribution in [2.45, 2.75) is 18.0 Å². The number of nitrogens with one attached hydrogen (secondary N) is 2. The second-order valence-corrected chi connectivity index (χ2v) is 7.84. The monoisotopic (exact) mass is 374 g/mol. The fourth-order valence-electron chi connectivity index (χ4n) is 1.76. The zero-order valence-electron chi connectivity index (χ0n) is 10.9. The van der Waals surface area contributed by atoms with Gasteiger partial charge in [-0.2, -0.15) is 0 Å². The molecule has 0 amide bonds. The summed E-state index contributed by atoms with van der Waals surface area (Å²) in [6.07, 6.45) is 0. The molecule has 0 fully saturated rings. The summed E-state index contributed by atoms with van der Waals surface area (Å²) in [5.74, 6) is 0. The van der Waals surface area contributed by atoms with Crippen molar-refractivity contribution in [1.29, 1.82) is 0 Å². The molecule has 0 aliphatic heterocycles. The van der Waals surface area contributed by atoms with E-state index in [9.17, 15) is 8.42 Å². The van der Waals surface area contributed by atoms with Gasteiger partial charge in [-0.05, 0) is 36.2 Å². The van der Waals surface area contributed by atoms with Gasteiger partial charge in [0.15, 0.2) is 0 Å². The van der Waals surface area contributed by atoms with Gasteiger partial charge in [-0.3, -0.25) is 0 Å². The maximum absolute atomic E-state index is 12.3. The predicted molar refractivity (Wildman–Crippen MR) is 85.3 cm³/mol. The maximum atomic E-state index is 12.3. The molecule has 7 heteroatoms. The Morgan fingerprint density at radius 3 is 2.75 bits per heavy atom. The van der Waals surface area contributed by atoms with Crippen LogP contribution in [0.4, 0.5) is 0 Å². The van der Waals surface area contributed by atoms with Crippen molar-refractivity contribution in [2.24, 2.45) is 0 Å². The third-order valence-electron chi connectivity index (χ3n) is 2.69.